The Morgan fingerprint density at radius 2 is 1.94 bits per heavy atom. The van der Waals surface area contributed by atoms with Gasteiger partial charge in [-0.2, -0.15) is 13.2 Å². The zero-order chi connectivity index (χ0) is 22.3. The zero-order valence-electron chi connectivity index (χ0n) is 17.9. The molecule has 1 aromatic rings. The number of rotatable bonds is 6. The summed E-state index contributed by atoms with van der Waals surface area (Å²) in [6.45, 7) is 0.314. The van der Waals surface area contributed by atoms with Crippen molar-refractivity contribution in [2.45, 2.75) is 57.3 Å². The second kappa shape index (κ2) is 10.7. The van der Waals surface area contributed by atoms with Crippen molar-refractivity contribution < 1.29 is 22.7 Å². The van der Waals surface area contributed by atoms with Gasteiger partial charge in [0, 0.05) is 44.2 Å². The molecule has 1 saturated carbocycles. The summed E-state index contributed by atoms with van der Waals surface area (Å²) in [4.78, 5) is 18.9. The largest absolute Gasteiger partial charge is 0.484 e. The molecule has 0 spiro atoms. The third-order valence-corrected chi connectivity index (χ3v) is 5.83. The van der Waals surface area contributed by atoms with Gasteiger partial charge in [0.15, 0.2) is 12.6 Å². The van der Waals surface area contributed by atoms with Gasteiger partial charge in [-0.15, -0.1) is 0 Å². The van der Waals surface area contributed by atoms with Crippen molar-refractivity contribution in [1.82, 2.24) is 15.5 Å². The van der Waals surface area contributed by atoms with Crippen LogP contribution in [0.25, 0.3) is 0 Å². The van der Waals surface area contributed by atoms with Gasteiger partial charge in [0.2, 0.25) is 5.91 Å². The van der Waals surface area contributed by atoms with Crippen molar-refractivity contribution >= 4 is 11.9 Å². The molecule has 1 amide bonds. The van der Waals surface area contributed by atoms with Crippen LogP contribution in [-0.4, -0.2) is 55.7 Å². The molecule has 2 aliphatic rings. The quantitative estimate of drug-likeness (QED) is 0.525. The molecule has 1 aliphatic carbocycles. The minimum absolute atomic E-state index is 0.0930. The average Bonchev–Trinajstić information content (AvgIpc) is 3.23. The van der Waals surface area contributed by atoms with Crippen molar-refractivity contribution in [2.75, 3.05) is 26.7 Å². The topological polar surface area (TPSA) is 66.0 Å². The lowest BCUT2D eigenvalue weighted by molar-refractivity contribution is -0.153. The van der Waals surface area contributed by atoms with Crippen molar-refractivity contribution in [3.8, 4) is 5.75 Å². The van der Waals surface area contributed by atoms with Gasteiger partial charge in [0.1, 0.15) is 5.75 Å². The van der Waals surface area contributed by atoms with Crippen LogP contribution in [0.5, 0.6) is 5.75 Å². The molecule has 1 saturated heterocycles. The second-order valence-corrected chi connectivity index (χ2v) is 8.19. The zero-order valence-corrected chi connectivity index (χ0v) is 17.9. The highest BCUT2D eigenvalue weighted by atomic mass is 19.4. The number of para-hydroxylation sites is 1. The molecule has 6 nitrogen and oxygen atoms in total. The predicted molar refractivity (Wildman–Crippen MR) is 113 cm³/mol. The molecule has 0 bridgehead atoms. The van der Waals surface area contributed by atoms with Crippen LogP contribution in [0.1, 0.15) is 44.1 Å². The van der Waals surface area contributed by atoms with Crippen LogP contribution in [0.3, 0.4) is 0 Å². The van der Waals surface area contributed by atoms with E-state index in [4.69, 9.17) is 4.74 Å². The first-order chi connectivity index (χ1) is 14.9. The van der Waals surface area contributed by atoms with Crippen LogP contribution >= 0.6 is 0 Å². The second-order valence-electron chi connectivity index (χ2n) is 8.19. The molecule has 2 fully saturated rings. The van der Waals surface area contributed by atoms with E-state index in [9.17, 15) is 18.0 Å². The number of halogens is 3. The number of carbonyl (C=O) groups excluding carboxylic acids is 1. The normalized spacial score (nSPS) is 20.6. The van der Waals surface area contributed by atoms with Gasteiger partial charge in [-0.1, -0.05) is 37.5 Å². The van der Waals surface area contributed by atoms with Crippen molar-refractivity contribution in [2.24, 2.45) is 10.9 Å². The Balaban J connectivity index is 1.49. The Bertz CT molecular complexity index is 763. The number of benzene rings is 1. The van der Waals surface area contributed by atoms with E-state index in [0.717, 1.165) is 38.6 Å². The minimum atomic E-state index is -4.39. The standard InChI is InChI=1S/C22H31F3N4O2/c1-26-21(27-13-17-9-5-6-10-19(17)31-15-22(23,24)25)28-18-11-12-29(14-18)20(30)16-7-3-2-4-8-16/h5-6,9-10,16,18H,2-4,7-8,11-15H2,1H3,(H2,26,27,28). The van der Waals surface area contributed by atoms with Crippen LogP contribution in [0.2, 0.25) is 0 Å². The number of alkyl halides is 3. The van der Waals surface area contributed by atoms with E-state index in [2.05, 4.69) is 15.6 Å². The number of amides is 1. The van der Waals surface area contributed by atoms with Gasteiger partial charge < -0.3 is 20.3 Å². The van der Waals surface area contributed by atoms with E-state index >= 15 is 0 Å². The fourth-order valence-electron chi connectivity index (χ4n) is 4.20. The molecule has 9 heteroatoms. The first-order valence-electron chi connectivity index (χ1n) is 10.9. The monoisotopic (exact) mass is 440 g/mol. The Morgan fingerprint density at radius 3 is 2.65 bits per heavy atom. The number of hydrogen-bond donors (Lipinski definition) is 2. The highest BCUT2D eigenvalue weighted by Gasteiger charge is 2.32. The summed E-state index contributed by atoms with van der Waals surface area (Å²) in [5.41, 5.74) is 0.607. The molecule has 3 rings (SSSR count). The summed E-state index contributed by atoms with van der Waals surface area (Å²) in [6, 6.07) is 6.71. The number of hydrogen-bond acceptors (Lipinski definition) is 3. The molecular weight excluding hydrogens is 409 g/mol. The number of ether oxygens (including phenoxy) is 1. The highest BCUT2D eigenvalue weighted by molar-refractivity contribution is 5.81. The first-order valence-corrected chi connectivity index (χ1v) is 10.9. The van der Waals surface area contributed by atoms with E-state index in [-0.39, 0.29) is 30.2 Å². The van der Waals surface area contributed by atoms with E-state index in [1.807, 2.05) is 4.90 Å². The SMILES string of the molecule is CN=C(NCc1ccccc1OCC(F)(F)F)NC1CCN(C(=O)C2CCCCC2)C1. The molecule has 1 heterocycles. The average molecular weight is 441 g/mol. The molecule has 0 aromatic heterocycles. The predicted octanol–water partition coefficient (Wildman–Crippen LogP) is 3.47. The Morgan fingerprint density at radius 1 is 1.19 bits per heavy atom. The fraction of sp³-hybridized carbons (Fsp3) is 0.636. The molecule has 1 aliphatic heterocycles. The third-order valence-electron chi connectivity index (χ3n) is 5.83. The molecule has 2 N–H and O–H groups in total. The molecule has 0 radical (unpaired) electrons. The molecule has 172 valence electrons. The minimum Gasteiger partial charge on any atom is -0.484 e. The Kier molecular flexibility index (Phi) is 8.03. The van der Waals surface area contributed by atoms with E-state index in [1.54, 1.807) is 25.2 Å². The summed E-state index contributed by atoms with van der Waals surface area (Å²) in [5, 5.41) is 6.46. The van der Waals surface area contributed by atoms with Crippen molar-refractivity contribution in [3.63, 3.8) is 0 Å². The number of nitrogens with zero attached hydrogens (tertiary/aromatic N) is 2. The Labute approximate surface area is 181 Å². The van der Waals surface area contributed by atoms with E-state index in [0.29, 0.717) is 18.1 Å². The maximum atomic E-state index is 12.7. The third kappa shape index (κ3) is 7.04. The maximum absolute atomic E-state index is 12.7. The van der Waals surface area contributed by atoms with Gasteiger partial charge in [0.05, 0.1) is 0 Å². The highest BCUT2D eigenvalue weighted by Crippen LogP contribution is 2.27. The molecule has 1 atom stereocenters. The van der Waals surface area contributed by atoms with Gasteiger partial charge in [-0.3, -0.25) is 9.79 Å². The van der Waals surface area contributed by atoms with Gasteiger partial charge in [-0.25, -0.2) is 0 Å². The van der Waals surface area contributed by atoms with Gasteiger partial charge >= 0.3 is 6.18 Å². The summed E-state index contributed by atoms with van der Waals surface area (Å²) >= 11 is 0. The summed E-state index contributed by atoms with van der Waals surface area (Å²) in [5.74, 6) is 1.16. The lowest BCUT2D eigenvalue weighted by Crippen LogP contribution is -2.45. The molecular formula is C22H31F3N4O2. The summed E-state index contributed by atoms with van der Waals surface area (Å²) in [6.07, 6.45) is 1.93. The Hall–Kier alpha value is -2.45. The first kappa shape index (κ1) is 23.2. The molecule has 1 unspecified atom stereocenters. The number of likely N-dealkylation sites (tertiary alicyclic amines) is 1. The summed E-state index contributed by atoms with van der Waals surface area (Å²) < 4.78 is 42.4. The van der Waals surface area contributed by atoms with Crippen LogP contribution < -0.4 is 15.4 Å². The number of aliphatic imine (C=N–C) groups is 1. The molecule has 1 aromatic carbocycles. The van der Waals surface area contributed by atoms with Gasteiger partial charge in [0.25, 0.3) is 0 Å². The van der Waals surface area contributed by atoms with E-state index < -0.39 is 12.8 Å². The number of nitrogens with one attached hydrogen (secondary N) is 2. The van der Waals surface area contributed by atoms with Gasteiger partial charge in [-0.05, 0) is 25.3 Å². The smallest absolute Gasteiger partial charge is 0.422 e. The molecule has 31 heavy (non-hydrogen) atoms. The van der Waals surface area contributed by atoms with Crippen molar-refractivity contribution in [1.29, 1.82) is 0 Å². The maximum Gasteiger partial charge on any atom is 0.422 e. The van der Waals surface area contributed by atoms with Crippen LogP contribution in [-0.2, 0) is 11.3 Å². The number of guanidine groups is 1. The lowest BCUT2D eigenvalue weighted by Gasteiger charge is -2.26. The van der Waals surface area contributed by atoms with Crippen molar-refractivity contribution in [3.05, 3.63) is 29.8 Å². The lowest BCUT2D eigenvalue weighted by atomic mass is 9.88. The van der Waals surface area contributed by atoms with Crippen LogP contribution in [0.15, 0.2) is 29.3 Å². The fourth-order valence-corrected chi connectivity index (χ4v) is 4.20. The van der Waals surface area contributed by atoms with Crippen LogP contribution in [0.4, 0.5) is 13.2 Å². The van der Waals surface area contributed by atoms with Crippen LogP contribution in [0, 0.1) is 5.92 Å². The number of carbonyl (C=O) groups is 1. The van der Waals surface area contributed by atoms with E-state index in [1.165, 1.54) is 12.5 Å². The summed E-state index contributed by atoms with van der Waals surface area (Å²) in [7, 11) is 1.64.